The van der Waals surface area contributed by atoms with Crippen LogP contribution in [0.25, 0.3) is 0 Å². The molecule has 3 nitrogen and oxygen atoms in total. The van der Waals surface area contributed by atoms with Crippen LogP contribution in [0.4, 0.5) is 0 Å². The molecule has 102 valence electrons. The minimum atomic E-state index is 0. The van der Waals surface area contributed by atoms with E-state index in [2.05, 4.69) is 20.8 Å². The van der Waals surface area contributed by atoms with E-state index in [1.807, 2.05) is 11.9 Å². The maximum absolute atomic E-state index is 12.0. The molecule has 1 amide bonds. The summed E-state index contributed by atoms with van der Waals surface area (Å²) in [6.07, 6.45) is 3.36. The molecule has 2 unspecified atom stereocenters. The van der Waals surface area contributed by atoms with Crippen molar-refractivity contribution in [2.24, 2.45) is 23.5 Å². The van der Waals surface area contributed by atoms with Gasteiger partial charge in [0, 0.05) is 25.6 Å². The number of carbonyl (C=O) groups excluding carboxylic acids is 1. The molecule has 0 aromatic carbocycles. The first kappa shape index (κ1) is 16.7. The van der Waals surface area contributed by atoms with Crippen molar-refractivity contribution < 1.29 is 4.79 Å². The van der Waals surface area contributed by atoms with Gasteiger partial charge in [-0.25, -0.2) is 0 Å². The molecule has 0 heterocycles. The summed E-state index contributed by atoms with van der Waals surface area (Å²) in [5.74, 6) is 1.64. The molecule has 1 rings (SSSR count). The van der Waals surface area contributed by atoms with Gasteiger partial charge in [-0.3, -0.25) is 4.79 Å². The molecular weight excluding hydrogens is 236 g/mol. The molecule has 0 aromatic rings. The van der Waals surface area contributed by atoms with Gasteiger partial charge in [-0.1, -0.05) is 20.8 Å². The summed E-state index contributed by atoms with van der Waals surface area (Å²) in [5.41, 5.74) is 5.98. The third-order valence-electron chi connectivity index (χ3n) is 3.75. The van der Waals surface area contributed by atoms with Crippen molar-refractivity contribution in [1.82, 2.24) is 4.90 Å². The third kappa shape index (κ3) is 5.26. The van der Waals surface area contributed by atoms with Crippen LogP contribution >= 0.6 is 12.4 Å². The monoisotopic (exact) mass is 262 g/mol. The molecule has 0 spiro atoms. The van der Waals surface area contributed by atoms with Gasteiger partial charge in [-0.15, -0.1) is 12.4 Å². The fourth-order valence-electron chi connectivity index (χ4n) is 1.93. The maximum atomic E-state index is 12.0. The minimum absolute atomic E-state index is 0. The maximum Gasteiger partial charge on any atom is 0.225 e. The Balaban J connectivity index is 0.00000256. The van der Waals surface area contributed by atoms with Gasteiger partial charge >= 0.3 is 0 Å². The topological polar surface area (TPSA) is 46.3 Å². The molecular formula is C13H27ClN2O. The predicted molar refractivity (Wildman–Crippen MR) is 74.2 cm³/mol. The third-order valence-corrected chi connectivity index (χ3v) is 3.75. The van der Waals surface area contributed by atoms with Crippen LogP contribution in [0.15, 0.2) is 0 Å². The molecule has 2 atom stereocenters. The molecule has 17 heavy (non-hydrogen) atoms. The van der Waals surface area contributed by atoms with Gasteiger partial charge in [0.15, 0.2) is 0 Å². The summed E-state index contributed by atoms with van der Waals surface area (Å²) in [4.78, 5) is 13.8. The summed E-state index contributed by atoms with van der Waals surface area (Å²) in [7, 11) is 1.90. The van der Waals surface area contributed by atoms with E-state index in [1.165, 1.54) is 12.8 Å². The molecule has 0 saturated heterocycles. The second-order valence-corrected chi connectivity index (χ2v) is 5.58. The average Bonchev–Trinajstić information content (AvgIpc) is 3.06. The summed E-state index contributed by atoms with van der Waals surface area (Å²) in [6.45, 7) is 7.09. The fourth-order valence-corrected chi connectivity index (χ4v) is 1.93. The average molecular weight is 263 g/mol. The lowest BCUT2D eigenvalue weighted by Crippen LogP contribution is -2.37. The highest BCUT2D eigenvalue weighted by Gasteiger charge is 2.33. The highest BCUT2D eigenvalue weighted by molar-refractivity contribution is 5.85. The largest absolute Gasteiger partial charge is 0.345 e. The number of carbonyl (C=O) groups is 1. The first-order valence-electron chi connectivity index (χ1n) is 6.44. The molecule has 0 radical (unpaired) electrons. The molecule has 1 aliphatic rings. The van der Waals surface area contributed by atoms with Crippen LogP contribution < -0.4 is 5.73 Å². The van der Waals surface area contributed by atoms with Crippen LogP contribution in [0.3, 0.4) is 0 Å². The molecule has 0 aromatic heterocycles. The van der Waals surface area contributed by atoms with Gasteiger partial charge in [0.2, 0.25) is 5.91 Å². The van der Waals surface area contributed by atoms with E-state index in [0.29, 0.717) is 17.7 Å². The molecule has 2 N–H and O–H groups in total. The van der Waals surface area contributed by atoms with E-state index in [-0.39, 0.29) is 24.4 Å². The van der Waals surface area contributed by atoms with Crippen molar-refractivity contribution in [1.29, 1.82) is 0 Å². The van der Waals surface area contributed by atoms with Crippen LogP contribution in [-0.2, 0) is 4.79 Å². The Morgan fingerprint density at radius 2 is 1.88 bits per heavy atom. The molecule has 1 aliphatic carbocycles. The number of rotatable bonds is 6. The molecule has 4 heteroatoms. The van der Waals surface area contributed by atoms with Crippen molar-refractivity contribution in [3.63, 3.8) is 0 Å². The van der Waals surface area contributed by atoms with Crippen LogP contribution in [-0.4, -0.2) is 30.4 Å². The number of halogens is 1. The Labute approximate surface area is 112 Å². The van der Waals surface area contributed by atoms with Crippen LogP contribution in [0.2, 0.25) is 0 Å². The lowest BCUT2D eigenvalue weighted by molar-refractivity contribution is -0.134. The number of hydrogen-bond donors (Lipinski definition) is 1. The van der Waals surface area contributed by atoms with Gasteiger partial charge in [0.05, 0.1) is 0 Å². The minimum Gasteiger partial charge on any atom is -0.345 e. The highest BCUT2D eigenvalue weighted by Crippen LogP contribution is 2.37. The molecule has 1 saturated carbocycles. The van der Waals surface area contributed by atoms with E-state index >= 15 is 0 Å². The molecule has 0 aliphatic heterocycles. The molecule has 0 bridgehead atoms. The van der Waals surface area contributed by atoms with Gasteiger partial charge in [0.25, 0.3) is 0 Å². The molecule has 1 fully saturated rings. The van der Waals surface area contributed by atoms with E-state index in [1.54, 1.807) is 0 Å². The van der Waals surface area contributed by atoms with Crippen molar-refractivity contribution >= 4 is 18.3 Å². The van der Waals surface area contributed by atoms with Crippen molar-refractivity contribution in [2.45, 2.75) is 46.1 Å². The van der Waals surface area contributed by atoms with E-state index in [4.69, 9.17) is 5.73 Å². The standard InChI is InChI=1S/C13H26N2O.ClH/c1-9(2)12(14)7-8-15(4)13(16)10(3)11-5-6-11;/h9-12H,5-8,14H2,1-4H3;1H. The Hall–Kier alpha value is -0.280. The zero-order chi connectivity index (χ0) is 12.3. The Morgan fingerprint density at radius 3 is 2.29 bits per heavy atom. The van der Waals surface area contributed by atoms with Crippen LogP contribution in [0, 0.1) is 17.8 Å². The van der Waals surface area contributed by atoms with E-state index < -0.39 is 0 Å². The van der Waals surface area contributed by atoms with Crippen molar-refractivity contribution in [3.05, 3.63) is 0 Å². The first-order chi connectivity index (χ1) is 7.43. The second-order valence-electron chi connectivity index (χ2n) is 5.58. The van der Waals surface area contributed by atoms with Crippen molar-refractivity contribution in [3.8, 4) is 0 Å². The second kappa shape index (κ2) is 7.22. The Kier molecular flexibility index (Phi) is 7.10. The summed E-state index contributed by atoms with van der Waals surface area (Å²) in [5, 5.41) is 0. The van der Waals surface area contributed by atoms with Gasteiger partial charge in [0.1, 0.15) is 0 Å². The quantitative estimate of drug-likeness (QED) is 0.798. The summed E-state index contributed by atoms with van der Waals surface area (Å²) >= 11 is 0. The Bertz CT molecular complexity index is 242. The lowest BCUT2D eigenvalue weighted by Gasteiger charge is -2.24. The predicted octanol–water partition coefficient (Wildman–Crippen LogP) is 2.29. The number of hydrogen-bond acceptors (Lipinski definition) is 2. The smallest absolute Gasteiger partial charge is 0.225 e. The fraction of sp³-hybridized carbons (Fsp3) is 0.923. The van der Waals surface area contributed by atoms with Gasteiger partial charge < -0.3 is 10.6 Å². The first-order valence-corrected chi connectivity index (χ1v) is 6.44. The van der Waals surface area contributed by atoms with Crippen LogP contribution in [0.5, 0.6) is 0 Å². The van der Waals surface area contributed by atoms with Gasteiger partial charge in [-0.2, -0.15) is 0 Å². The number of nitrogens with two attached hydrogens (primary N) is 1. The SMILES string of the molecule is CC(C)C(N)CCN(C)C(=O)C(C)C1CC1.Cl. The van der Waals surface area contributed by atoms with E-state index in [0.717, 1.165) is 13.0 Å². The number of amides is 1. The van der Waals surface area contributed by atoms with Gasteiger partial charge in [-0.05, 0) is 31.1 Å². The Morgan fingerprint density at radius 1 is 1.35 bits per heavy atom. The lowest BCUT2D eigenvalue weighted by atomic mass is 10.0. The van der Waals surface area contributed by atoms with Crippen LogP contribution in [0.1, 0.15) is 40.0 Å². The number of nitrogens with zero attached hydrogens (tertiary/aromatic N) is 1. The summed E-state index contributed by atoms with van der Waals surface area (Å²) < 4.78 is 0. The van der Waals surface area contributed by atoms with E-state index in [9.17, 15) is 4.79 Å². The normalized spacial score (nSPS) is 18.5. The zero-order valence-electron chi connectivity index (χ0n) is 11.5. The summed E-state index contributed by atoms with van der Waals surface area (Å²) in [6, 6.07) is 0.200. The zero-order valence-corrected chi connectivity index (χ0v) is 12.3. The highest BCUT2D eigenvalue weighted by atomic mass is 35.5. The van der Waals surface area contributed by atoms with Crippen molar-refractivity contribution in [2.75, 3.05) is 13.6 Å².